The van der Waals surface area contributed by atoms with Gasteiger partial charge in [0.05, 0.1) is 18.9 Å². The lowest BCUT2D eigenvalue weighted by Crippen LogP contribution is -2.22. The quantitative estimate of drug-likeness (QED) is 0.472. The van der Waals surface area contributed by atoms with E-state index in [9.17, 15) is 14.4 Å². The molecule has 0 aliphatic carbocycles. The number of amides is 1. The van der Waals surface area contributed by atoms with E-state index in [0.717, 1.165) is 0 Å². The Morgan fingerprint density at radius 3 is 2.70 bits per heavy atom. The number of hydrogen-bond acceptors (Lipinski definition) is 7. The summed E-state index contributed by atoms with van der Waals surface area (Å²) in [6.07, 6.45) is 2.61. The zero-order chi connectivity index (χ0) is 19.8. The molecule has 8 nitrogen and oxygen atoms in total. The molecule has 138 valence electrons. The van der Waals surface area contributed by atoms with E-state index in [4.69, 9.17) is 14.4 Å². The first-order valence-corrected chi connectivity index (χ1v) is 7.76. The minimum atomic E-state index is -0.955. The molecule has 8 heteroatoms. The van der Waals surface area contributed by atoms with Crippen molar-refractivity contribution in [1.82, 2.24) is 0 Å². The Morgan fingerprint density at radius 2 is 2.07 bits per heavy atom. The average Bonchev–Trinajstić information content (AvgIpc) is 3.18. The van der Waals surface area contributed by atoms with Gasteiger partial charge in [-0.05, 0) is 36.8 Å². The van der Waals surface area contributed by atoms with Gasteiger partial charge in [0.2, 0.25) is 0 Å². The molecule has 0 aliphatic heterocycles. The van der Waals surface area contributed by atoms with Crippen molar-refractivity contribution in [3.8, 4) is 6.07 Å². The lowest BCUT2D eigenvalue weighted by Gasteiger charge is -2.10. The van der Waals surface area contributed by atoms with Crippen molar-refractivity contribution in [3.63, 3.8) is 0 Å². The summed E-state index contributed by atoms with van der Waals surface area (Å²) in [4.78, 5) is 35.5. The van der Waals surface area contributed by atoms with Crippen LogP contribution in [0.15, 0.2) is 46.6 Å². The number of methoxy groups -OCH3 is 1. The Kier molecular flexibility index (Phi) is 6.49. The highest BCUT2D eigenvalue weighted by Crippen LogP contribution is 2.17. The van der Waals surface area contributed by atoms with Crippen LogP contribution in [0, 0.1) is 18.3 Å². The van der Waals surface area contributed by atoms with Gasteiger partial charge in [0.25, 0.3) is 5.91 Å². The molecule has 27 heavy (non-hydrogen) atoms. The first-order chi connectivity index (χ1) is 12.9. The Balaban J connectivity index is 1.99. The fourth-order valence-electron chi connectivity index (χ4n) is 2.05. The molecule has 2 rings (SSSR count). The second-order valence-electron chi connectivity index (χ2n) is 5.33. The summed E-state index contributed by atoms with van der Waals surface area (Å²) in [5.41, 5.74) is 1.05. The number of ether oxygens (including phenoxy) is 2. The number of carbonyl (C=O) groups is 3. The second-order valence-corrected chi connectivity index (χ2v) is 5.33. The molecular formula is C19H16N2O6. The fourth-order valence-corrected chi connectivity index (χ4v) is 2.05. The van der Waals surface area contributed by atoms with E-state index < -0.39 is 24.5 Å². The van der Waals surface area contributed by atoms with Crippen LogP contribution < -0.4 is 5.32 Å². The van der Waals surface area contributed by atoms with Crippen molar-refractivity contribution in [2.45, 2.75) is 6.92 Å². The van der Waals surface area contributed by atoms with E-state index in [1.54, 1.807) is 37.3 Å². The van der Waals surface area contributed by atoms with Crippen LogP contribution in [-0.2, 0) is 19.1 Å². The highest BCUT2D eigenvalue weighted by atomic mass is 16.5. The molecule has 1 aromatic heterocycles. The predicted octanol–water partition coefficient (Wildman–Crippen LogP) is 2.46. The Hall–Kier alpha value is -3.86. The molecule has 0 unspecified atom stereocenters. The summed E-state index contributed by atoms with van der Waals surface area (Å²) >= 11 is 0. The van der Waals surface area contributed by atoms with Gasteiger partial charge < -0.3 is 19.2 Å². The highest BCUT2D eigenvalue weighted by molar-refractivity contribution is 6.00. The molecular weight excluding hydrogens is 352 g/mol. The smallest absolute Gasteiger partial charge is 0.349 e. The molecule has 0 bridgehead atoms. The summed E-state index contributed by atoms with van der Waals surface area (Å²) in [6.45, 7) is 1.14. The van der Waals surface area contributed by atoms with Gasteiger partial charge in [-0.15, -0.1) is 0 Å². The van der Waals surface area contributed by atoms with Crippen molar-refractivity contribution in [3.05, 3.63) is 59.1 Å². The van der Waals surface area contributed by atoms with Crippen LogP contribution in [0.1, 0.15) is 21.7 Å². The number of benzene rings is 1. The van der Waals surface area contributed by atoms with Crippen molar-refractivity contribution in [2.75, 3.05) is 19.0 Å². The second kappa shape index (κ2) is 9.01. The maximum atomic E-state index is 12.0. The van der Waals surface area contributed by atoms with Crippen LogP contribution in [0.3, 0.4) is 0 Å². The van der Waals surface area contributed by atoms with Gasteiger partial charge in [-0.25, -0.2) is 9.59 Å². The number of anilines is 1. The lowest BCUT2D eigenvalue weighted by atomic mass is 10.1. The summed E-state index contributed by atoms with van der Waals surface area (Å²) < 4.78 is 14.5. The van der Waals surface area contributed by atoms with E-state index in [1.807, 2.05) is 0 Å². The standard InChI is InChI=1S/C19H16N2O6/c1-12-5-6-13(18(23)25-2)9-16(12)21-17(22)11-27-19(24)14(10-20)8-15-4-3-7-26-15/h3-9H,11H2,1-2H3,(H,21,22)/b14-8+. The van der Waals surface area contributed by atoms with Crippen molar-refractivity contribution >= 4 is 29.6 Å². The predicted molar refractivity (Wildman–Crippen MR) is 94.4 cm³/mol. The molecule has 0 saturated heterocycles. The number of aryl methyl sites for hydroxylation is 1. The highest BCUT2D eigenvalue weighted by Gasteiger charge is 2.15. The van der Waals surface area contributed by atoms with Gasteiger partial charge in [-0.2, -0.15) is 5.26 Å². The normalized spacial score (nSPS) is 10.6. The molecule has 1 N–H and O–H groups in total. The molecule has 0 atom stereocenters. The van der Waals surface area contributed by atoms with Crippen LogP contribution in [0.5, 0.6) is 0 Å². The Morgan fingerprint density at radius 1 is 1.30 bits per heavy atom. The molecule has 1 amide bonds. The average molecular weight is 368 g/mol. The number of hydrogen-bond donors (Lipinski definition) is 1. The summed E-state index contributed by atoms with van der Waals surface area (Å²) in [5.74, 6) is -1.81. The Labute approximate surface area is 155 Å². The van der Waals surface area contributed by atoms with E-state index in [1.165, 1.54) is 25.5 Å². The zero-order valence-electron chi connectivity index (χ0n) is 14.6. The van der Waals surface area contributed by atoms with Gasteiger partial charge in [-0.3, -0.25) is 4.79 Å². The summed E-state index contributed by atoms with van der Waals surface area (Å²) in [6, 6.07) is 9.53. The number of esters is 2. The molecule has 0 aliphatic rings. The van der Waals surface area contributed by atoms with Crippen LogP contribution in [-0.4, -0.2) is 31.6 Å². The molecule has 0 saturated carbocycles. The maximum absolute atomic E-state index is 12.0. The van der Waals surface area contributed by atoms with Crippen LogP contribution >= 0.6 is 0 Å². The number of nitrogens with one attached hydrogen (secondary N) is 1. The third-order valence-electron chi connectivity index (χ3n) is 3.44. The largest absolute Gasteiger partial charge is 0.465 e. The van der Waals surface area contributed by atoms with Gasteiger partial charge in [0.1, 0.15) is 17.4 Å². The number of nitrogens with zero attached hydrogens (tertiary/aromatic N) is 1. The lowest BCUT2D eigenvalue weighted by molar-refractivity contribution is -0.142. The number of rotatable bonds is 6. The van der Waals surface area contributed by atoms with E-state index >= 15 is 0 Å². The van der Waals surface area contributed by atoms with Crippen molar-refractivity contribution < 1.29 is 28.3 Å². The molecule has 0 spiro atoms. The molecule has 0 radical (unpaired) electrons. The first kappa shape index (κ1) is 19.5. The first-order valence-electron chi connectivity index (χ1n) is 7.76. The van der Waals surface area contributed by atoms with Gasteiger partial charge in [0.15, 0.2) is 6.61 Å². The van der Waals surface area contributed by atoms with Gasteiger partial charge >= 0.3 is 11.9 Å². The third kappa shape index (κ3) is 5.31. The van der Waals surface area contributed by atoms with Crippen molar-refractivity contribution in [1.29, 1.82) is 5.26 Å². The summed E-state index contributed by atoms with van der Waals surface area (Å²) in [5, 5.41) is 11.6. The number of furan rings is 1. The molecule has 0 fully saturated rings. The topological polar surface area (TPSA) is 119 Å². The fraction of sp³-hybridized carbons (Fsp3) is 0.158. The minimum absolute atomic E-state index is 0.267. The molecule has 2 aromatic rings. The third-order valence-corrected chi connectivity index (χ3v) is 3.44. The van der Waals surface area contributed by atoms with E-state index in [2.05, 4.69) is 10.1 Å². The van der Waals surface area contributed by atoms with Gasteiger partial charge in [0, 0.05) is 11.8 Å². The van der Waals surface area contributed by atoms with E-state index in [0.29, 0.717) is 17.0 Å². The Bertz CT molecular complexity index is 922. The van der Waals surface area contributed by atoms with Crippen LogP contribution in [0.4, 0.5) is 5.69 Å². The minimum Gasteiger partial charge on any atom is -0.465 e. The monoisotopic (exact) mass is 368 g/mol. The van der Waals surface area contributed by atoms with E-state index in [-0.39, 0.29) is 11.1 Å². The number of carbonyl (C=O) groups excluding carboxylic acids is 3. The molecule has 1 heterocycles. The number of nitriles is 1. The van der Waals surface area contributed by atoms with Crippen LogP contribution in [0.2, 0.25) is 0 Å². The van der Waals surface area contributed by atoms with Crippen LogP contribution in [0.25, 0.3) is 6.08 Å². The van der Waals surface area contributed by atoms with Gasteiger partial charge in [-0.1, -0.05) is 6.07 Å². The molecule has 1 aromatic carbocycles. The van der Waals surface area contributed by atoms with Crippen molar-refractivity contribution in [2.24, 2.45) is 0 Å². The zero-order valence-corrected chi connectivity index (χ0v) is 14.6. The summed E-state index contributed by atoms with van der Waals surface area (Å²) in [7, 11) is 1.25. The SMILES string of the molecule is COC(=O)c1ccc(C)c(NC(=O)COC(=O)/C(C#N)=C/c2ccco2)c1. The maximum Gasteiger partial charge on any atom is 0.349 e.